The molecule has 1 N–H and O–H groups in total. The van der Waals surface area contributed by atoms with Gasteiger partial charge in [0, 0.05) is 0 Å². The Morgan fingerprint density at radius 3 is 2.00 bits per heavy atom. The van der Waals surface area contributed by atoms with E-state index in [1.165, 1.54) is 0 Å². The average molecular weight is 256 g/mol. The molecule has 0 aliphatic heterocycles. The molecule has 0 fully saturated rings. The maximum atomic E-state index is 10.6. The minimum absolute atomic E-state index is 0. The fourth-order valence-electron chi connectivity index (χ4n) is 0.434. The van der Waals surface area contributed by atoms with Gasteiger partial charge in [0.05, 0.1) is 34.8 Å². The fourth-order valence-corrected chi connectivity index (χ4v) is 1.51. The van der Waals surface area contributed by atoms with Crippen LogP contribution in [0.1, 0.15) is 0 Å². The summed E-state index contributed by atoms with van der Waals surface area (Å²) in [6.45, 7) is -1.33. The van der Waals surface area contributed by atoms with E-state index in [1.54, 1.807) is 0 Å². The maximum absolute atomic E-state index is 10.6. The van der Waals surface area contributed by atoms with Gasteiger partial charge in [-0.05, 0) is 0 Å². The Labute approximate surface area is 105 Å². The zero-order chi connectivity index (χ0) is 10.5. The molecule has 0 spiro atoms. The summed E-state index contributed by atoms with van der Waals surface area (Å²) in [7, 11) is -8.37. The van der Waals surface area contributed by atoms with Gasteiger partial charge in [-0.15, -0.1) is 0 Å². The Kier molecular flexibility index (Phi) is 8.74. The van der Waals surface area contributed by atoms with E-state index in [2.05, 4.69) is 4.18 Å². The summed E-state index contributed by atoms with van der Waals surface area (Å²) < 4.78 is 55.3. The third kappa shape index (κ3) is 10.9. The van der Waals surface area contributed by atoms with Crippen LogP contribution in [0.3, 0.4) is 0 Å². The molecule has 7 nitrogen and oxygen atoms in total. The molecule has 0 atom stereocenters. The summed E-state index contributed by atoms with van der Waals surface area (Å²) in [5.41, 5.74) is 0. The third-order valence-corrected chi connectivity index (χ3v) is 2.81. The van der Waals surface area contributed by atoms with Gasteiger partial charge >= 0.3 is 29.6 Å². The third-order valence-electron chi connectivity index (χ3n) is 0.938. The summed E-state index contributed by atoms with van der Waals surface area (Å²) >= 11 is 0. The molecule has 0 aliphatic carbocycles. The van der Waals surface area contributed by atoms with Crippen molar-refractivity contribution < 1.29 is 60.2 Å². The van der Waals surface area contributed by atoms with Gasteiger partial charge in [-0.2, -0.15) is 8.42 Å². The maximum Gasteiger partial charge on any atom is 1.00 e. The molecule has 0 saturated heterocycles. The van der Waals surface area contributed by atoms with Crippen LogP contribution in [0.5, 0.6) is 0 Å². The number of aliphatic hydroxyl groups excluding tert-OH is 1. The Bertz CT molecular complexity index is 331. The van der Waals surface area contributed by atoms with Crippen molar-refractivity contribution in [3.8, 4) is 0 Å². The first-order valence-electron chi connectivity index (χ1n) is 3.18. The van der Waals surface area contributed by atoms with Gasteiger partial charge in [0.25, 0.3) is 10.1 Å². The van der Waals surface area contributed by atoms with Crippen LogP contribution in [0, 0.1) is 0 Å². The molecule has 10 heteroatoms. The van der Waals surface area contributed by atoms with Crippen LogP contribution < -0.4 is 29.6 Å². The van der Waals surface area contributed by atoms with Gasteiger partial charge in [0.2, 0.25) is 0 Å². The predicted octanol–water partition coefficient (Wildman–Crippen LogP) is -5.13. The van der Waals surface area contributed by atoms with E-state index in [9.17, 15) is 21.4 Å². The Balaban J connectivity index is 0. The number of aliphatic hydroxyl groups is 1. The quantitative estimate of drug-likeness (QED) is 0.286. The molecule has 0 radical (unpaired) electrons. The Morgan fingerprint density at radius 2 is 1.64 bits per heavy atom. The first-order chi connectivity index (χ1) is 5.77. The molecule has 0 aromatic rings. The Morgan fingerprint density at radius 1 is 1.14 bits per heavy atom. The summed E-state index contributed by atoms with van der Waals surface area (Å²) in [6, 6.07) is 0. The van der Waals surface area contributed by atoms with Crippen LogP contribution in [0.25, 0.3) is 0 Å². The van der Waals surface area contributed by atoms with Gasteiger partial charge in [-0.25, -0.2) is 8.42 Å². The second kappa shape index (κ2) is 7.12. The van der Waals surface area contributed by atoms with Crippen molar-refractivity contribution >= 4 is 20.2 Å². The van der Waals surface area contributed by atoms with E-state index in [1.807, 2.05) is 0 Å². The standard InChI is InChI=1S/C4H10O7S2.Na/c5-1-3-13(9,10)11-2-4-12(6,7)8;/h5H,1-4H2,(H,6,7,8);/q;+1/p-1. The summed E-state index contributed by atoms with van der Waals surface area (Å²) in [5.74, 6) is -1.52. The summed E-state index contributed by atoms with van der Waals surface area (Å²) in [5, 5.41) is 8.22. The minimum Gasteiger partial charge on any atom is -0.748 e. The van der Waals surface area contributed by atoms with E-state index in [0.29, 0.717) is 0 Å². The summed E-state index contributed by atoms with van der Waals surface area (Å²) in [4.78, 5) is 0. The van der Waals surface area contributed by atoms with Gasteiger partial charge in [0.1, 0.15) is 0 Å². The second-order valence-corrected chi connectivity index (χ2v) is 5.35. The van der Waals surface area contributed by atoms with E-state index < -0.39 is 45.0 Å². The monoisotopic (exact) mass is 256 g/mol. The van der Waals surface area contributed by atoms with Crippen molar-refractivity contribution in [3.63, 3.8) is 0 Å². The topological polar surface area (TPSA) is 121 Å². The van der Waals surface area contributed by atoms with E-state index in [0.717, 1.165) is 0 Å². The van der Waals surface area contributed by atoms with E-state index in [4.69, 9.17) is 5.11 Å². The van der Waals surface area contributed by atoms with Crippen molar-refractivity contribution in [2.24, 2.45) is 0 Å². The van der Waals surface area contributed by atoms with Crippen LogP contribution in [0.2, 0.25) is 0 Å². The first kappa shape index (κ1) is 17.2. The largest absolute Gasteiger partial charge is 1.00 e. The van der Waals surface area contributed by atoms with Gasteiger partial charge in [-0.1, -0.05) is 0 Å². The van der Waals surface area contributed by atoms with Crippen LogP contribution >= 0.6 is 0 Å². The molecule has 0 unspecified atom stereocenters. The second-order valence-electron chi connectivity index (χ2n) is 2.07. The van der Waals surface area contributed by atoms with Gasteiger partial charge in [-0.3, -0.25) is 4.18 Å². The van der Waals surface area contributed by atoms with Crippen LogP contribution in [0.4, 0.5) is 0 Å². The molecule has 0 bridgehead atoms. The molecular weight excluding hydrogens is 247 g/mol. The number of hydrogen-bond acceptors (Lipinski definition) is 7. The molecule has 14 heavy (non-hydrogen) atoms. The van der Waals surface area contributed by atoms with Crippen LogP contribution in [0.15, 0.2) is 0 Å². The molecular formula is C4H9NaO7S2. The minimum atomic E-state index is -4.46. The zero-order valence-electron chi connectivity index (χ0n) is 7.54. The van der Waals surface area contributed by atoms with Gasteiger partial charge in [0.15, 0.2) is 0 Å². The zero-order valence-corrected chi connectivity index (χ0v) is 11.2. The molecule has 0 saturated carbocycles. The molecule has 0 heterocycles. The van der Waals surface area contributed by atoms with E-state index in [-0.39, 0.29) is 29.6 Å². The normalized spacial score (nSPS) is 12.1. The van der Waals surface area contributed by atoms with Crippen LogP contribution in [-0.2, 0) is 24.4 Å². The van der Waals surface area contributed by atoms with Crippen molar-refractivity contribution in [1.82, 2.24) is 0 Å². The molecule has 0 aliphatic rings. The predicted molar refractivity (Wildman–Crippen MR) is 41.4 cm³/mol. The molecule has 0 amide bonds. The van der Waals surface area contributed by atoms with Crippen molar-refractivity contribution in [2.45, 2.75) is 0 Å². The van der Waals surface area contributed by atoms with Gasteiger partial charge < -0.3 is 9.66 Å². The number of rotatable bonds is 6. The van der Waals surface area contributed by atoms with Crippen molar-refractivity contribution in [2.75, 3.05) is 24.7 Å². The van der Waals surface area contributed by atoms with E-state index >= 15 is 0 Å². The molecule has 0 aromatic carbocycles. The number of hydrogen-bond donors (Lipinski definition) is 1. The molecule has 0 rings (SSSR count). The smallest absolute Gasteiger partial charge is 0.748 e. The summed E-state index contributed by atoms with van der Waals surface area (Å²) in [6.07, 6.45) is 0. The van der Waals surface area contributed by atoms with Crippen molar-refractivity contribution in [3.05, 3.63) is 0 Å². The SMILES string of the molecule is O=S(=O)([O-])CCOS(=O)(=O)CCO.[Na+]. The first-order valence-corrected chi connectivity index (χ1v) is 6.34. The molecule has 80 valence electrons. The van der Waals surface area contributed by atoms with Crippen LogP contribution in [-0.4, -0.2) is 51.2 Å². The average Bonchev–Trinajstić information content (AvgIpc) is 1.82. The Hall–Kier alpha value is 0.780. The molecule has 0 aromatic heterocycles. The van der Waals surface area contributed by atoms with Crippen molar-refractivity contribution in [1.29, 1.82) is 0 Å². The fraction of sp³-hybridized carbons (Fsp3) is 1.00.